The van der Waals surface area contributed by atoms with Crippen LogP contribution < -0.4 is 5.43 Å². The van der Waals surface area contributed by atoms with E-state index < -0.39 is 0 Å². The number of rotatable bonds is 4. The first kappa shape index (κ1) is 11.1. The maximum absolute atomic E-state index is 11.7. The SMILES string of the molecule is Cc1ccc(C(=O)/C=C/Nn2cnnc2)cc1. The molecule has 0 unspecified atom stereocenters. The third kappa shape index (κ3) is 3.01. The normalized spacial score (nSPS) is 10.6. The van der Waals surface area contributed by atoms with Gasteiger partial charge in [0.05, 0.1) is 0 Å². The highest BCUT2D eigenvalue weighted by Crippen LogP contribution is 2.04. The van der Waals surface area contributed by atoms with E-state index in [1.54, 1.807) is 23.0 Å². The molecule has 0 atom stereocenters. The maximum atomic E-state index is 11.7. The smallest absolute Gasteiger partial charge is 0.187 e. The second kappa shape index (κ2) is 5.07. The molecule has 0 spiro atoms. The first-order valence-electron chi connectivity index (χ1n) is 5.14. The van der Waals surface area contributed by atoms with Crippen molar-refractivity contribution in [1.29, 1.82) is 0 Å². The number of aromatic nitrogens is 3. The minimum Gasteiger partial charge on any atom is -0.299 e. The van der Waals surface area contributed by atoms with Crippen molar-refractivity contribution in [3.63, 3.8) is 0 Å². The number of ketones is 1. The molecule has 0 saturated heterocycles. The minimum absolute atomic E-state index is 0.0504. The van der Waals surface area contributed by atoms with Crippen molar-refractivity contribution in [3.8, 4) is 0 Å². The zero-order chi connectivity index (χ0) is 12.1. The highest BCUT2D eigenvalue weighted by molar-refractivity contribution is 6.04. The summed E-state index contributed by atoms with van der Waals surface area (Å²) in [6, 6.07) is 7.43. The van der Waals surface area contributed by atoms with Gasteiger partial charge >= 0.3 is 0 Å². The Morgan fingerprint density at radius 2 is 1.88 bits per heavy atom. The van der Waals surface area contributed by atoms with Crippen molar-refractivity contribution in [1.82, 2.24) is 14.9 Å². The molecule has 2 rings (SSSR count). The molecule has 1 aromatic carbocycles. The summed E-state index contributed by atoms with van der Waals surface area (Å²) in [4.78, 5) is 11.7. The van der Waals surface area contributed by atoms with E-state index in [1.807, 2.05) is 19.1 Å². The Bertz CT molecular complexity index is 514. The van der Waals surface area contributed by atoms with Gasteiger partial charge in [-0.25, -0.2) is 4.68 Å². The van der Waals surface area contributed by atoms with Gasteiger partial charge in [-0.05, 0) is 6.92 Å². The molecule has 17 heavy (non-hydrogen) atoms. The Morgan fingerprint density at radius 1 is 1.24 bits per heavy atom. The van der Waals surface area contributed by atoms with Gasteiger partial charge in [-0.3, -0.25) is 10.2 Å². The van der Waals surface area contributed by atoms with Gasteiger partial charge in [-0.1, -0.05) is 29.8 Å². The van der Waals surface area contributed by atoms with E-state index in [4.69, 9.17) is 0 Å². The van der Waals surface area contributed by atoms with Crippen LogP contribution in [0, 0.1) is 6.92 Å². The first-order chi connectivity index (χ1) is 8.25. The number of carbonyl (C=O) groups excluding carboxylic acids is 1. The van der Waals surface area contributed by atoms with Crippen LogP contribution in [0.1, 0.15) is 15.9 Å². The van der Waals surface area contributed by atoms with Crippen LogP contribution in [0.25, 0.3) is 0 Å². The van der Waals surface area contributed by atoms with Gasteiger partial charge in [0.2, 0.25) is 0 Å². The predicted molar refractivity (Wildman–Crippen MR) is 64.0 cm³/mol. The van der Waals surface area contributed by atoms with Crippen LogP contribution >= 0.6 is 0 Å². The fourth-order valence-electron chi connectivity index (χ4n) is 1.28. The van der Waals surface area contributed by atoms with Crippen LogP contribution in [0.5, 0.6) is 0 Å². The second-order valence-corrected chi connectivity index (χ2v) is 3.56. The van der Waals surface area contributed by atoms with E-state index in [9.17, 15) is 4.79 Å². The van der Waals surface area contributed by atoms with Crippen LogP contribution in [0.15, 0.2) is 49.2 Å². The Labute approximate surface area is 98.8 Å². The number of hydrogen-bond acceptors (Lipinski definition) is 4. The molecule has 0 fully saturated rings. The summed E-state index contributed by atoms with van der Waals surface area (Å²) < 4.78 is 1.54. The van der Waals surface area contributed by atoms with Gasteiger partial charge in [0.15, 0.2) is 5.78 Å². The molecule has 0 radical (unpaired) electrons. The lowest BCUT2D eigenvalue weighted by Crippen LogP contribution is -2.05. The monoisotopic (exact) mass is 228 g/mol. The van der Waals surface area contributed by atoms with Crippen LogP contribution in [-0.2, 0) is 0 Å². The van der Waals surface area contributed by atoms with Crippen molar-refractivity contribution in [3.05, 3.63) is 60.3 Å². The second-order valence-electron chi connectivity index (χ2n) is 3.56. The van der Waals surface area contributed by atoms with Crippen LogP contribution in [-0.4, -0.2) is 20.7 Å². The third-order valence-electron chi connectivity index (χ3n) is 2.21. The first-order valence-corrected chi connectivity index (χ1v) is 5.14. The number of hydrogen-bond donors (Lipinski definition) is 1. The summed E-state index contributed by atoms with van der Waals surface area (Å²) >= 11 is 0. The van der Waals surface area contributed by atoms with Crippen molar-refractivity contribution in [2.45, 2.75) is 6.92 Å². The van der Waals surface area contributed by atoms with Crippen molar-refractivity contribution >= 4 is 5.78 Å². The average molecular weight is 228 g/mol. The number of allylic oxidation sites excluding steroid dienone is 1. The molecule has 5 heteroatoms. The highest BCUT2D eigenvalue weighted by atomic mass is 16.1. The fraction of sp³-hybridized carbons (Fsp3) is 0.0833. The van der Waals surface area contributed by atoms with Crippen molar-refractivity contribution in [2.24, 2.45) is 0 Å². The van der Waals surface area contributed by atoms with E-state index >= 15 is 0 Å². The largest absolute Gasteiger partial charge is 0.299 e. The fourth-order valence-corrected chi connectivity index (χ4v) is 1.28. The summed E-state index contributed by atoms with van der Waals surface area (Å²) in [5.41, 5.74) is 4.62. The molecule has 2 aromatic rings. The number of carbonyl (C=O) groups is 1. The molecule has 5 nitrogen and oxygen atoms in total. The van der Waals surface area contributed by atoms with Gasteiger partial charge in [0, 0.05) is 17.8 Å². The third-order valence-corrected chi connectivity index (χ3v) is 2.21. The van der Waals surface area contributed by atoms with E-state index in [-0.39, 0.29) is 5.78 Å². The zero-order valence-corrected chi connectivity index (χ0v) is 9.37. The van der Waals surface area contributed by atoms with Gasteiger partial charge in [-0.2, -0.15) is 0 Å². The molecular formula is C12H12N4O. The highest BCUT2D eigenvalue weighted by Gasteiger charge is 1.99. The van der Waals surface area contributed by atoms with Gasteiger partial charge in [0.25, 0.3) is 0 Å². The average Bonchev–Trinajstić information content (AvgIpc) is 2.83. The predicted octanol–water partition coefficient (Wildman–Crippen LogP) is 1.53. The van der Waals surface area contributed by atoms with Gasteiger partial charge < -0.3 is 0 Å². The molecule has 0 aliphatic heterocycles. The zero-order valence-electron chi connectivity index (χ0n) is 9.37. The Morgan fingerprint density at radius 3 is 2.53 bits per heavy atom. The molecule has 0 amide bonds. The summed E-state index contributed by atoms with van der Waals surface area (Å²) in [7, 11) is 0. The Hall–Kier alpha value is -2.43. The van der Waals surface area contributed by atoms with E-state index in [1.165, 1.54) is 18.7 Å². The number of nitrogens with one attached hydrogen (secondary N) is 1. The molecule has 1 aromatic heterocycles. The summed E-state index contributed by atoms with van der Waals surface area (Å²) in [6.45, 7) is 1.98. The van der Waals surface area contributed by atoms with Gasteiger partial charge in [0.1, 0.15) is 12.7 Å². The minimum atomic E-state index is -0.0504. The Balaban J connectivity index is 1.97. The molecule has 0 saturated carbocycles. The molecule has 0 bridgehead atoms. The van der Waals surface area contributed by atoms with Gasteiger partial charge in [-0.15, -0.1) is 10.2 Å². The van der Waals surface area contributed by atoms with Crippen LogP contribution in [0.3, 0.4) is 0 Å². The number of aryl methyl sites for hydroxylation is 1. The van der Waals surface area contributed by atoms with E-state index in [0.29, 0.717) is 5.56 Å². The molecule has 0 aliphatic carbocycles. The van der Waals surface area contributed by atoms with Crippen molar-refractivity contribution in [2.75, 3.05) is 5.43 Å². The molecule has 86 valence electrons. The van der Waals surface area contributed by atoms with E-state index in [0.717, 1.165) is 5.56 Å². The summed E-state index contributed by atoms with van der Waals surface area (Å²) in [5.74, 6) is -0.0504. The molecular weight excluding hydrogens is 216 g/mol. The lowest BCUT2D eigenvalue weighted by atomic mass is 10.1. The summed E-state index contributed by atoms with van der Waals surface area (Å²) in [5, 5.41) is 7.24. The number of nitrogens with zero attached hydrogens (tertiary/aromatic N) is 3. The van der Waals surface area contributed by atoms with Crippen LogP contribution in [0.2, 0.25) is 0 Å². The molecule has 0 aliphatic rings. The maximum Gasteiger partial charge on any atom is 0.187 e. The molecule has 1 heterocycles. The van der Waals surface area contributed by atoms with Crippen molar-refractivity contribution < 1.29 is 4.79 Å². The van der Waals surface area contributed by atoms with Crippen LogP contribution in [0.4, 0.5) is 0 Å². The Kier molecular flexibility index (Phi) is 3.30. The topological polar surface area (TPSA) is 59.8 Å². The quantitative estimate of drug-likeness (QED) is 0.636. The summed E-state index contributed by atoms with van der Waals surface area (Å²) in [6.07, 6.45) is 6.01. The van der Waals surface area contributed by atoms with E-state index in [2.05, 4.69) is 15.6 Å². The lowest BCUT2D eigenvalue weighted by molar-refractivity contribution is 0.104. The molecule has 1 N–H and O–H groups in total. The lowest BCUT2D eigenvalue weighted by Gasteiger charge is -1.99. The standard InChI is InChI=1S/C12H12N4O/c1-10-2-4-11(5-3-10)12(17)6-7-15-16-8-13-14-9-16/h2-9,15H,1H3/b7-6+. The number of benzene rings is 1.